The molecule has 0 aliphatic carbocycles. The molecule has 0 unspecified atom stereocenters. The van der Waals surface area contributed by atoms with Crippen molar-refractivity contribution in [2.24, 2.45) is 0 Å². The van der Waals surface area contributed by atoms with Gasteiger partial charge in [-0.2, -0.15) is 5.26 Å². The molecule has 2 N–H and O–H groups in total. The van der Waals surface area contributed by atoms with E-state index in [1.165, 1.54) is 4.90 Å². The van der Waals surface area contributed by atoms with Crippen LogP contribution in [0.3, 0.4) is 0 Å². The molecule has 9 heteroatoms. The molecule has 1 heterocycles. The van der Waals surface area contributed by atoms with Gasteiger partial charge in [0.1, 0.15) is 18.4 Å². The number of hydrazine groups is 1. The number of anilines is 1. The van der Waals surface area contributed by atoms with E-state index in [-0.39, 0.29) is 31.2 Å². The lowest BCUT2D eigenvalue weighted by molar-refractivity contribution is -0.138. The summed E-state index contributed by atoms with van der Waals surface area (Å²) in [6.45, 7) is 1.34. The third-order valence-electron chi connectivity index (χ3n) is 3.15. The van der Waals surface area contributed by atoms with E-state index in [9.17, 15) is 14.4 Å². The van der Waals surface area contributed by atoms with Crippen molar-refractivity contribution >= 4 is 23.5 Å². The number of nitrogens with one attached hydrogen (secondary N) is 2. The fourth-order valence-corrected chi connectivity index (χ4v) is 2.04. The highest BCUT2D eigenvalue weighted by molar-refractivity contribution is 6.02. The number of carbonyl (C=O) groups excluding carboxylic acids is 3. The smallest absolute Gasteiger partial charge is 0.350 e. The van der Waals surface area contributed by atoms with Crippen LogP contribution in [-0.2, 0) is 19.1 Å². The minimum absolute atomic E-state index is 0.128. The third kappa shape index (κ3) is 4.48. The highest BCUT2D eigenvalue weighted by Gasteiger charge is 2.26. The van der Waals surface area contributed by atoms with Crippen molar-refractivity contribution in [2.45, 2.75) is 6.92 Å². The molecule has 2 rings (SSSR count). The quantitative estimate of drug-likeness (QED) is 0.322. The summed E-state index contributed by atoms with van der Waals surface area (Å²) in [4.78, 5) is 36.7. The van der Waals surface area contributed by atoms with Crippen LogP contribution in [0.5, 0.6) is 5.75 Å². The summed E-state index contributed by atoms with van der Waals surface area (Å²) in [6.07, 6.45) is 1.02. The summed E-state index contributed by atoms with van der Waals surface area (Å²) in [6, 6.07) is 8.51. The number of amides is 2. The van der Waals surface area contributed by atoms with Crippen LogP contribution in [0.4, 0.5) is 5.69 Å². The van der Waals surface area contributed by atoms with Crippen molar-refractivity contribution in [2.75, 3.05) is 24.7 Å². The van der Waals surface area contributed by atoms with Gasteiger partial charge in [-0.25, -0.2) is 4.79 Å². The molecule has 1 aliphatic rings. The molecule has 1 aliphatic heterocycles. The fourth-order valence-electron chi connectivity index (χ4n) is 2.04. The van der Waals surface area contributed by atoms with Crippen molar-refractivity contribution < 1.29 is 23.9 Å². The highest BCUT2D eigenvalue weighted by atomic mass is 16.5. The summed E-state index contributed by atoms with van der Waals surface area (Å²) < 4.78 is 9.97. The van der Waals surface area contributed by atoms with E-state index in [2.05, 4.69) is 15.6 Å². The Labute approximate surface area is 143 Å². The number of para-hydroxylation sites is 2. The molecule has 2 amide bonds. The van der Waals surface area contributed by atoms with E-state index < -0.39 is 11.9 Å². The molecule has 0 saturated heterocycles. The number of esters is 1. The number of fused-ring (bicyclic) bond motifs is 1. The number of benzene rings is 1. The molecule has 0 saturated carbocycles. The Morgan fingerprint density at radius 1 is 1.44 bits per heavy atom. The summed E-state index contributed by atoms with van der Waals surface area (Å²) in [5.41, 5.74) is 4.83. The molecule has 0 radical (unpaired) electrons. The van der Waals surface area contributed by atoms with Crippen molar-refractivity contribution in [3.63, 3.8) is 0 Å². The number of carbonyl (C=O) groups is 3. The second-order valence-electron chi connectivity index (χ2n) is 4.82. The molecule has 9 nitrogen and oxygen atoms in total. The first kappa shape index (κ1) is 17.8. The molecule has 130 valence electrons. The zero-order valence-electron chi connectivity index (χ0n) is 13.4. The van der Waals surface area contributed by atoms with E-state index in [0.29, 0.717) is 11.4 Å². The minimum Gasteiger partial charge on any atom is -0.482 e. The first-order valence-corrected chi connectivity index (χ1v) is 7.40. The Bertz CT molecular complexity index is 753. The van der Waals surface area contributed by atoms with Crippen molar-refractivity contribution in [1.29, 1.82) is 5.26 Å². The van der Waals surface area contributed by atoms with Crippen LogP contribution in [0.2, 0.25) is 0 Å². The average molecular weight is 344 g/mol. The van der Waals surface area contributed by atoms with Gasteiger partial charge in [0.25, 0.3) is 11.8 Å². The lowest BCUT2D eigenvalue weighted by Crippen LogP contribution is -2.47. The lowest BCUT2D eigenvalue weighted by Gasteiger charge is -2.28. The van der Waals surface area contributed by atoms with E-state index in [4.69, 9.17) is 10.00 Å². The summed E-state index contributed by atoms with van der Waals surface area (Å²) >= 11 is 0. The zero-order chi connectivity index (χ0) is 18.2. The fraction of sp³-hybridized carbons (Fsp3) is 0.250. The second-order valence-corrected chi connectivity index (χ2v) is 4.82. The maximum atomic E-state index is 12.0. The van der Waals surface area contributed by atoms with Gasteiger partial charge in [-0.05, 0) is 19.1 Å². The van der Waals surface area contributed by atoms with Crippen LogP contribution >= 0.6 is 0 Å². The van der Waals surface area contributed by atoms with Gasteiger partial charge in [-0.15, -0.1) is 0 Å². The molecule has 0 fully saturated rings. The topological polar surface area (TPSA) is 121 Å². The van der Waals surface area contributed by atoms with E-state index in [1.54, 1.807) is 37.3 Å². The predicted molar refractivity (Wildman–Crippen MR) is 85.9 cm³/mol. The van der Waals surface area contributed by atoms with Gasteiger partial charge in [0.15, 0.2) is 12.2 Å². The first-order chi connectivity index (χ1) is 12.1. The monoisotopic (exact) mass is 344 g/mol. The van der Waals surface area contributed by atoms with Crippen LogP contribution in [0.25, 0.3) is 0 Å². The van der Waals surface area contributed by atoms with Crippen molar-refractivity contribution in [3.05, 3.63) is 36.0 Å². The standard InChI is InChI=1S/C16H16N4O5/c1-2-24-16(23)11(7-17)8-18-19-14(21)9-20-12-5-3-4-6-13(12)25-10-15(20)22/h3-6,8,18H,2,9-10H2,1H3,(H,19,21)/b11-8+. The highest BCUT2D eigenvalue weighted by Crippen LogP contribution is 2.30. The number of rotatable bonds is 6. The number of nitriles is 1. The molecule has 0 atom stereocenters. The first-order valence-electron chi connectivity index (χ1n) is 7.40. The average Bonchev–Trinajstić information content (AvgIpc) is 2.61. The van der Waals surface area contributed by atoms with Crippen LogP contribution in [0.1, 0.15) is 6.92 Å². The normalized spacial score (nSPS) is 13.2. The maximum absolute atomic E-state index is 12.0. The van der Waals surface area contributed by atoms with E-state index >= 15 is 0 Å². The van der Waals surface area contributed by atoms with Crippen LogP contribution in [0.15, 0.2) is 36.0 Å². The second kappa shape index (κ2) is 8.35. The molecule has 1 aromatic carbocycles. The Morgan fingerprint density at radius 2 is 2.20 bits per heavy atom. The third-order valence-corrected chi connectivity index (χ3v) is 3.15. The van der Waals surface area contributed by atoms with Gasteiger partial charge in [-0.3, -0.25) is 19.9 Å². The summed E-state index contributed by atoms with van der Waals surface area (Å²) in [7, 11) is 0. The Hall–Kier alpha value is -3.54. The van der Waals surface area contributed by atoms with Crippen LogP contribution < -0.4 is 20.5 Å². The van der Waals surface area contributed by atoms with Gasteiger partial charge in [-0.1, -0.05) is 12.1 Å². The SMILES string of the molecule is CCOC(=O)/C(C#N)=C/NNC(=O)CN1C(=O)COc2ccccc21. The lowest BCUT2D eigenvalue weighted by atomic mass is 10.2. The van der Waals surface area contributed by atoms with E-state index in [0.717, 1.165) is 6.20 Å². The summed E-state index contributed by atoms with van der Waals surface area (Å²) in [5, 5.41) is 8.85. The zero-order valence-corrected chi connectivity index (χ0v) is 13.4. The Balaban J connectivity index is 1.96. The Morgan fingerprint density at radius 3 is 2.92 bits per heavy atom. The van der Waals surface area contributed by atoms with Gasteiger partial charge in [0.05, 0.1) is 12.3 Å². The number of hydrogen-bond acceptors (Lipinski definition) is 7. The van der Waals surface area contributed by atoms with Crippen molar-refractivity contribution in [1.82, 2.24) is 10.9 Å². The number of nitrogens with zero attached hydrogens (tertiary/aromatic N) is 2. The maximum Gasteiger partial charge on any atom is 0.350 e. The molecule has 0 bridgehead atoms. The van der Waals surface area contributed by atoms with Gasteiger partial charge in [0.2, 0.25) is 0 Å². The Kier molecular flexibility index (Phi) is 5.95. The summed E-state index contributed by atoms with van der Waals surface area (Å²) in [5.74, 6) is -1.18. The molecular weight excluding hydrogens is 328 g/mol. The van der Waals surface area contributed by atoms with E-state index in [1.807, 2.05) is 0 Å². The molecule has 0 spiro atoms. The minimum atomic E-state index is -0.802. The van der Waals surface area contributed by atoms with Gasteiger partial charge in [0, 0.05) is 6.20 Å². The largest absolute Gasteiger partial charge is 0.482 e. The molecular formula is C16H16N4O5. The molecule has 25 heavy (non-hydrogen) atoms. The van der Waals surface area contributed by atoms with Gasteiger partial charge >= 0.3 is 5.97 Å². The van der Waals surface area contributed by atoms with Crippen molar-refractivity contribution in [3.8, 4) is 11.8 Å². The van der Waals surface area contributed by atoms with Crippen LogP contribution in [0, 0.1) is 11.3 Å². The molecule has 1 aromatic rings. The van der Waals surface area contributed by atoms with Gasteiger partial charge < -0.3 is 14.9 Å². The van der Waals surface area contributed by atoms with Crippen LogP contribution in [-0.4, -0.2) is 37.5 Å². The predicted octanol–water partition coefficient (Wildman–Crippen LogP) is 0.00338. The number of ether oxygens (including phenoxy) is 2. The molecule has 0 aromatic heterocycles. The number of hydrogen-bond donors (Lipinski definition) is 2.